The summed E-state index contributed by atoms with van der Waals surface area (Å²) in [6.45, 7) is 2.10. The fourth-order valence-corrected chi connectivity index (χ4v) is 1.47. The average molecular weight is 233 g/mol. The van der Waals surface area contributed by atoms with Crippen molar-refractivity contribution < 1.29 is 4.92 Å². The van der Waals surface area contributed by atoms with E-state index < -0.39 is 4.92 Å². The molecule has 0 saturated heterocycles. The Kier molecular flexibility index (Phi) is 2.99. The van der Waals surface area contributed by atoms with Gasteiger partial charge in [-0.05, 0) is 19.1 Å². The van der Waals surface area contributed by atoms with Gasteiger partial charge in [-0.25, -0.2) is 4.98 Å². The van der Waals surface area contributed by atoms with Crippen LogP contribution in [0.15, 0.2) is 24.5 Å². The Morgan fingerprint density at radius 3 is 2.94 bits per heavy atom. The van der Waals surface area contributed by atoms with E-state index in [1.807, 2.05) is 0 Å². The molecule has 0 aliphatic rings. The van der Waals surface area contributed by atoms with Crippen LogP contribution in [0.2, 0.25) is 0 Å². The predicted octanol–water partition coefficient (Wildman–Crippen LogP) is 1.63. The Morgan fingerprint density at radius 2 is 2.29 bits per heavy atom. The Hall–Kier alpha value is -2.44. The molecular weight excluding hydrogens is 222 g/mol. The number of H-pyrrole nitrogens is 1. The normalized spacial score (nSPS) is 10.2. The summed E-state index contributed by atoms with van der Waals surface area (Å²) in [4.78, 5) is 14.4. The molecule has 0 amide bonds. The van der Waals surface area contributed by atoms with Crippen molar-refractivity contribution in [1.29, 1.82) is 0 Å². The van der Waals surface area contributed by atoms with Gasteiger partial charge in [0, 0.05) is 18.0 Å². The van der Waals surface area contributed by atoms with Gasteiger partial charge in [0.2, 0.25) is 5.82 Å². The Labute approximate surface area is 97.0 Å². The largest absolute Gasteiger partial charge is 0.359 e. The molecule has 2 N–H and O–H groups in total. The highest BCUT2D eigenvalue weighted by Gasteiger charge is 2.17. The maximum Gasteiger partial charge on any atom is 0.314 e. The molecule has 0 aliphatic carbocycles. The molecule has 0 aromatic carbocycles. The fourth-order valence-electron chi connectivity index (χ4n) is 1.47. The summed E-state index contributed by atoms with van der Waals surface area (Å²) in [6, 6.07) is 3.40. The third kappa shape index (κ3) is 2.39. The SMILES string of the molecule is Cc1ccnc(NCc2ccn[nH]2)c1[N+](=O)[O-]. The van der Waals surface area contributed by atoms with Crippen LogP contribution in [0.25, 0.3) is 0 Å². The van der Waals surface area contributed by atoms with E-state index in [-0.39, 0.29) is 11.5 Å². The van der Waals surface area contributed by atoms with Crippen molar-refractivity contribution in [2.45, 2.75) is 13.5 Å². The van der Waals surface area contributed by atoms with Gasteiger partial charge in [0.25, 0.3) is 0 Å². The van der Waals surface area contributed by atoms with E-state index in [9.17, 15) is 10.1 Å². The first-order valence-corrected chi connectivity index (χ1v) is 5.00. The van der Waals surface area contributed by atoms with Gasteiger partial charge in [-0.15, -0.1) is 0 Å². The van der Waals surface area contributed by atoms with E-state index in [4.69, 9.17) is 0 Å². The van der Waals surface area contributed by atoms with E-state index in [0.717, 1.165) is 5.69 Å². The van der Waals surface area contributed by atoms with Crippen LogP contribution in [-0.2, 0) is 6.54 Å². The van der Waals surface area contributed by atoms with Gasteiger partial charge < -0.3 is 5.32 Å². The molecule has 0 spiro atoms. The third-order valence-corrected chi connectivity index (χ3v) is 2.31. The number of rotatable bonds is 4. The highest BCUT2D eigenvalue weighted by Crippen LogP contribution is 2.25. The van der Waals surface area contributed by atoms with E-state index in [0.29, 0.717) is 12.1 Å². The molecule has 0 fully saturated rings. The summed E-state index contributed by atoms with van der Waals surface area (Å²) < 4.78 is 0. The molecule has 0 bridgehead atoms. The number of aryl methyl sites for hydroxylation is 1. The van der Waals surface area contributed by atoms with Gasteiger partial charge in [0.05, 0.1) is 17.2 Å². The van der Waals surface area contributed by atoms with Crippen LogP contribution in [0.3, 0.4) is 0 Å². The molecule has 2 heterocycles. The van der Waals surface area contributed by atoms with Gasteiger partial charge in [0.15, 0.2) is 0 Å². The number of nitro groups is 1. The second-order valence-corrected chi connectivity index (χ2v) is 3.52. The molecule has 0 atom stereocenters. The molecule has 7 nitrogen and oxygen atoms in total. The van der Waals surface area contributed by atoms with Crippen molar-refractivity contribution >= 4 is 11.5 Å². The number of anilines is 1. The van der Waals surface area contributed by atoms with Gasteiger partial charge >= 0.3 is 5.69 Å². The maximum atomic E-state index is 10.9. The van der Waals surface area contributed by atoms with E-state index in [1.54, 1.807) is 25.3 Å². The highest BCUT2D eigenvalue weighted by molar-refractivity contribution is 5.59. The number of hydrogen-bond acceptors (Lipinski definition) is 5. The molecule has 17 heavy (non-hydrogen) atoms. The minimum atomic E-state index is -0.433. The van der Waals surface area contributed by atoms with Crippen molar-refractivity contribution in [3.05, 3.63) is 45.9 Å². The topological polar surface area (TPSA) is 96.7 Å². The van der Waals surface area contributed by atoms with Gasteiger partial charge in [-0.1, -0.05) is 0 Å². The summed E-state index contributed by atoms with van der Waals surface area (Å²) >= 11 is 0. The Balaban J connectivity index is 2.21. The summed E-state index contributed by atoms with van der Waals surface area (Å²) in [7, 11) is 0. The third-order valence-electron chi connectivity index (χ3n) is 2.31. The number of pyridine rings is 1. The first-order valence-electron chi connectivity index (χ1n) is 5.00. The smallest absolute Gasteiger partial charge is 0.314 e. The number of aromatic amines is 1. The number of hydrogen-bond donors (Lipinski definition) is 2. The van der Waals surface area contributed by atoms with Crippen molar-refractivity contribution in [1.82, 2.24) is 15.2 Å². The lowest BCUT2D eigenvalue weighted by atomic mass is 10.2. The molecule has 0 radical (unpaired) electrons. The minimum absolute atomic E-state index is 0.00650. The van der Waals surface area contributed by atoms with Crippen molar-refractivity contribution in [3.63, 3.8) is 0 Å². The lowest BCUT2D eigenvalue weighted by molar-refractivity contribution is -0.384. The molecule has 2 aromatic heterocycles. The monoisotopic (exact) mass is 233 g/mol. The Bertz CT molecular complexity index is 523. The van der Waals surface area contributed by atoms with Crippen LogP contribution in [0, 0.1) is 17.0 Å². The fraction of sp³-hybridized carbons (Fsp3) is 0.200. The van der Waals surface area contributed by atoms with Crippen molar-refractivity contribution in [2.24, 2.45) is 0 Å². The minimum Gasteiger partial charge on any atom is -0.359 e. The number of aromatic nitrogens is 3. The zero-order valence-electron chi connectivity index (χ0n) is 9.17. The van der Waals surface area contributed by atoms with Crippen LogP contribution < -0.4 is 5.32 Å². The molecule has 0 saturated carbocycles. The summed E-state index contributed by atoms with van der Waals surface area (Å²) in [5, 5.41) is 20.4. The zero-order chi connectivity index (χ0) is 12.3. The Morgan fingerprint density at radius 1 is 1.47 bits per heavy atom. The van der Waals surface area contributed by atoms with Crippen LogP contribution in [-0.4, -0.2) is 20.1 Å². The molecule has 0 aliphatic heterocycles. The maximum absolute atomic E-state index is 10.9. The van der Waals surface area contributed by atoms with E-state index in [1.165, 1.54) is 6.20 Å². The molecule has 2 aromatic rings. The summed E-state index contributed by atoms with van der Waals surface area (Å²) in [5.74, 6) is 0.268. The van der Waals surface area contributed by atoms with Crippen LogP contribution in [0.1, 0.15) is 11.3 Å². The number of nitrogens with zero attached hydrogens (tertiary/aromatic N) is 3. The molecular formula is C10H11N5O2. The summed E-state index contributed by atoms with van der Waals surface area (Å²) in [5.41, 5.74) is 1.42. The van der Waals surface area contributed by atoms with Crippen LogP contribution >= 0.6 is 0 Å². The van der Waals surface area contributed by atoms with Crippen molar-refractivity contribution in [3.8, 4) is 0 Å². The molecule has 2 rings (SSSR count). The molecule has 7 heteroatoms. The van der Waals surface area contributed by atoms with Gasteiger partial charge in [-0.3, -0.25) is 15.2 Å². The summed E-state index contributed by atoms with van der Waals surface area (Å²) in [6.07, 6.45) is 3.16. The first kappa shape index (κ1) is 11.1. The molecule has 0 unspecified atom stereocenters. The first-order chi connectivity index (χ1) is 8.18. The van der Waals surface area contributed by atoms with Crippen LogP contribution in [0.5, 0.6) is 0 Å². The van der Waals surface area contributed by atoms with Gasteiger partial charge in [0.1, 0.15) is 0 Å². The van der Waals surface area contributed by atoms with Crippen LogP contribution in [0.4, 0.5) is 11.5 Å². The zero-order valence-corrected chi connectivity index (χ0v) is 9.17. The standard InChI is InChI=1S/C10H11N5O2/c1-7-2-4-11-10(9(7)15(16)17)12-6-8-3-5-13-14-8/h2-5H,6H2,1H3,(H,11,12)(H,13,14). The highest BCUT2D eigenvalue weighted by atomic mass is 16.6. The average Bonchev–Trinajstić information content (AvgIpc) is 2.78. The van der Waals surface area contributed by atoms with E-state index in [2.05, 4.69) is 20.5 Å². The number of nitrogens with one attached hydrogen (secondary N) is 2. The van der Waals surface area contributed by atoms with Crippen molar-refractivity contribution in [2.75, 3.05) is 5.32 Å². The second kappa shape index (κ2) is 4.60. The predicted molar refractivity (Wildman–Crippen MR) is 61.5 cm³/mol. The quantitative estimate of drug-likeness (QED) is 0.618. The van der Waals surface area contributed by atoms with E-state index >= 15 is 0 Å². The lowest BCUT2D eigenvalue weighted by Gasteiger charge is -2.05. The van der Waals surface area contributed by atoms with Gasteiger partial charge in [-0.2, -0.15) is 5.10 Å². The lowest BCUT2D eigenvalue weighted by Crippen LogP contribution is -2.06. The molecule has 88 valence electrons. The second-order valence-electron chi connectivity index (χ2n) is 3.52.